The lowest BCUT2D eigenvalue weighted by Crippen LogP contribution is -2.59. The van der Waals surface area contributed by atoms with Crippen molar-refractivity contribution in [1.82, 2.24) is 9.80 Å². The maximum Gasteiger partial charge on any atom is 0.251 e. The molecule has 3 unspecified atom stereocenters. The fraction of sp³-hybridized carbons (Fsp3) is 0.567. The van der Waals surface area contributed by atoms with Gasteiger partial charge in [0.15, 0.2) is 0 Å². The highest BCUT2D eigenvalue weighted by Crippen LogP contribution is 2.68. The number of amides is 3. The Kier molecular flexibility index (Phi) is 9.42. The minimum Gasteiger partial charge on any atom is -0.497 e. The number of thioether (sulfide) groups is 1. The summed E-state index contributed by atoms with van der Waals surface area (Å²) in [5.41, 5.74) is 0.660. The molecule has 3 heterocycles. The van der Waals surface area contributed by atoms with Crippen LogP contribution in [0.5, 0.6) is 5.75 Å². The van der Waals surface area contributed by atoms with Gasteiger partial charge in [-0.2, -0.15) is 0 Å². The summed E-state index contributed by atoms with van der Waals surface area (Å²) in [6, 6.07) is 5.82. The molecule has 1 aromatic rings. The Labute approximate surface area is 249 Å². The van der Waals surface area contributed by atoms with Crippen molar-refractivity contribution in [2.75, 3.05) is 38.8 Å². The van der Waals surface area contributed by atoms with E-state index < -0.39 is 28.7 Å². The number of hydrogen-bond acceptors (Lipinski definition) is 6. The van der Waals surface area contributed by atoms with Gasteiger partial charge in [-0.3, -0.25) is 14.4 Å². The van der Waals surface area contributed by atoms with Gasteiger partial charge in [0.25, 0.3) is 5.91 Å². The molecule has 3 aliphatic rings. The lowest BCUT2D eigenvalue weighted by molar-refractivity contribution is -0.145. The topological polar surface area (TPSA) is 90.4 Å². The van der Waals surface area contributed by atoms with Crippen molar-refractivity contribution in [2.45, 2.75) is 53.6 Å². The zero-order chi connectivity index (χ0) is 29.4. The number of likely N-dealkylation sites (N-methyl/N-ethyl adjacent to an activating group) is 1. The zero-order valence-corrected chi connectivity index (χ0v) is 26.1. The highest BCUT2D eigenvalue weighted by atomic mass is 79.9. The molecule has 3 aliphatic heterocycles. The number of rotatable bonds is 12. The number of ether oxygens (including phenoxy) is 1. The van der Waals surface area contributed by atoms with Gasteiger partial charge in [0.2, 0.25) is 11.8 Å². The Balaban J connectivity index is 1.85. The van der Waals surface area contributed by atoms with Crippen LogP contribution in [0.2, 0.25) is 0 Å². The first-order valence-electron chi connectivity index (χ1n) is 13.8. The number of methoxy groups -OCH3 is 1. The SMILES string of the molecule is C=CCN(C)C(=O)[C@H]1[C@@H]2SC3(CC2Br)C(C(=O)N(CC=C)c2ccc(OC)cc2)N([C@@H](CO)[C@@H](C)CC)C(=O)[C@H]13. The van der Waals surface area contributed by atoms with E-state index in [2.05, 4.69) is 29.1 Å². The smallest absolute Gasteiger partial charge is 0.251 e. The molecule has 1 N–H and O–H groups in total. The fourth-order valence-corrected chi connectivity index (χ4v) is 10.3. The van der Waals surface area contributed by atoms with Crippen LogP contribution in [-0.2, 0) is 14.4 Å². The third kappa shape index (κ3) is 4.90. The van der Waals surface area contributed by atoms with E-state index in [4.69, 9.17) is 4.74 Å². The number of fused-ring (bicyclic) bond motifs is 1. The Morgan fingerprint density at radius 3 is 2.45 bits per heavy atom. The van der Waals surface area contributed by atoms with Gasteiger partial charge in [0, 0.05) is 35.9 Å². The molecule has 0 aliphatic carbocycles. The average Bonchev–Trinajstić information content (AvgIpc) is 3.55. The number of aliphatic hydroxyl groups is 1. The Bertz CT molecular complexity index is 1150. The van der Waals surface area contributed by atoms with Crippen LogP contribution in [0.1, 0.15) is 26.7 Å². The van der Waals surface area contributed by atoms with Crippen molar-refractivity contribution >= 4 is 51.1 Å². The fourth-order valence-electron chi connectivity index (χ4n) is 6.70. The Morgan fingerprint density at radius 2 is 1.90 bits per heavy atom. The predicted molar refractivity (Wildman–Crippen MR) is 163 cm³/mol. The third-order valence-corrected chi connectivity index (χ3v) is 12.1. The minimum absolute atomic E-state index is 0.0344. The number of carbonyl (C=O) groups excluding carboxylic acids is 3. The molecule has 10 heteroatoms. The summed E-state index contributed by atoms with van der Waals surface area (Å²) in [6.45, 7) is 12.0. The second-order valence-electron chi connectivity index (χ2n) is 11.0. The molecule has 4 rings (SSSR count). The van der Waals surface area contributed by atoms with Crippen LogP contribution in [0.3, 0.4) is 0 Å². The second kappa shape index (κ2) is 12.3. The predicted octanol–water partition coefficient (Wildman–Crippen LogP) is 3.73. The van der Waals surface area contributed by atoms with Crippen LogP contribution < -0.4 is 9.64 Å². The van der Waals surface area contributed by atoms with Crippen molar-refractivity contribution in [1.29, 1.82) is 0 Å². The number of carbonyl (C=O) groups is 3. The summed E-state index contributed by atoms with van der Waals surface area (Å²) < 4.78 is 4.50. The van der Waals surface area contributed by atoms with E-state index in [0.717, 1.165) is 6.42 Å². The van der Waals surface area contributed by atoms with Gasteiger partial charge < -0.3 is 24.5 Å². The molecular weight excluding hydrogens is 594 g/mol. The first-order valence-corrected chi connectivity index (χ1v) is 15.6. The van der Waals surface area contributed by atoms with Crippen molar-refractivity contribution in [3.05, 3.63) is 49.6 Å². The van der Waals surface area contributed by atoms with Crippen molar-refractivity contribution in [3.63, 3.8) is 0 Å². The van der Waals surface area contributed by atoms with Crippen molar-refractivity contribution in [2.24, 2.45) is 17.8 Å². The van der Waals surface area contributed by atoms with Gasteiger partial charge >= 0.3 is 0 Å². The first-order chi connectivity index (χ1) is 19.1. The minimum atomic E-state index is -0.851. The first kappa shape index (κ1) is 30.7. The standard InChI is InChI=1S/C30H40BrN3O5S/c1-7-14-32(5)27(36)23-24-28(37)34(22(17-35)18(4)9-3)26(30(24)16-21(31)25(23)40-30)29(38)33(15-8-2)19-10-12-20(39-6)13-11-19/h7-8,10-13,18,21-26,35H,1-2,9,14-17H2,3-6H3/t18-,21?,22-,23+,24-,25+,26?,30?/m0/s1. The van der Waals surface area contributed by atoms with E-state index in [9.17, 15) is 19.5 Å². The van der Waals surface area contributed by atoms with Crippen molar-refractivity contribution in [3.8, 4) is 5.75 Å². The molecule has 3 saturated heterocycles. The Hall–Kier alpha value is -2.30. The molecule has 8 atom stereocenters. The number of aliphatic hydroxyl groups excluding tert-OH is 1. The number of alkyl halides is 1. The van der Waals surface area contributed by atoms with E-state index in [-0.39, 0.29) is 46.9 Å². The monoisotopic (exact) mass is 633 g/mol. The largest absolute Gasteiger partial charge is 0.497 e. The lowest BCUT2D eigenvalue weighted by Gasteiger charge is -2.41. The molecule has 0 radical (unpaired) electrons. The number of halogens is 1. The highest BCUT2D eigenvalue weighted by Gasteiger charge is 2.76. The molecule has 2 bridgehead atoms. The van der Waals surface area contributed by atoms with Gasteiger partial charge in [-0.05, 0) is 36.6 Å². The van der Waals surface area contributed by atoms with Crippen LogP contribution in [-0.4, -0.2) is 93.4 Å². The van der Waals surface area contributed by atoms with E-state index in [0.29, 0.717) is 24.4 Å². The molecule has 8 nitrogen and oxygen atoms in total. The van der Waals surface area contributed by atoms with Crippen LogP contribution >= 0.6 is 27.7 Å². The lowest BCUT2D eigenvalue weighted by atomic mass is 9.70. The van der Waals surface area contributed by atoms with E-state index >= 15 is 0 Å². The maximum atomic E-state index is 14.8. The maximum absolute atomic E-state index is 14.8. The quantitative estimate of drug-likeness (QED) is 0.279. The van der Waals surface area contributed by atoms with Crippen LogP contribution in [0.15, 0.2) is 49.6 Å². The Morgan fingerprint density at radius 1 is 1.25 bits per heavy atom. The molecule has 40 heavy (non-hydrogen) atoms. The van der Waals surface area contributed by atoms with Crippen LogP contribution in [0.25, 0.3) is 0 Å². The molecule has 0 aromatic heterocycles. The third-order valence-electron chi connectivity index (χ3n) is 8.83. The summed E-state index contributed by atoms with van der Waals surface area (Å²) in [7, 11) is 3.31. The molecule has 218 valence electrons. The summed E-state index contributed by atoms with van der Waals surface area (Å²) in [6.07, 6.45) is 4.63. The average molecular weight is 635 g/mol. The van der Waals surface area contributed by atoms with Gasteiger partial charge in [-0.1, -0.05) is 48.4 Å². The van der Waals surface area contributed by atoms with Gasteiger partial charge in [0.05, 0.1) is 36.3 Å². The van der Waals surface area contributed by atoms with E-state index in [1.54, 1.807) is 64.9 Å². The number of likely N-dealkylation sites (tertiary alicyclic amines) is 1. The summed E-state index contributed by atoms with van der Waals surface area (Å²) in [5, 5.41) is 10.4. The molecule has 3 fully saturated rings. The molecule has 3 amide bonds. The molecule has 1 spiro atoms. The van der Waals surface area contributed by atoms with E-state index in [1.807, 2.05) is 26.0 Å². The zero-order valence-electron chi connectivity index (χ0n) is 23.7. The van der Waals surface area contributed by atoms with Gasteiger partial charge in [-0.25, -0.2) is 0 Å². The number of benzene rings is 1. The summed E-state index contributed by atoms with van der Waals surface area (Å²) in [4.78, 5) is 47.9. The molecule has 0 saturated carbocycles. The van der Waals surface area contributed by atoms with Crippen LogP contribution in [0.4, 0.5) is 5.69 Å². The van der Waals surface area contributed by atoms with E-state index in [1.165, 1.54) is 0 Å². The van der Waals surface area contributed by atoms with Gasteiger partial charge in [0.1, 0.15) is 11.8 Å². The van der Waals surface area contributed by atoms with Gasteiger partial charge in [-0.15, -0.1) is 24.9 Å². The summed E-state index contributed by atoms with van der Waals surface area (Å²) in [5.74, 6) is -1.19. The number of hydrogen-bond donors (Lipinski definition) is 1. The molecular formula is C30H40BrN3O5S. The van der Waals surface area contributed by atoms with Crippen molar-refractivity contribution < 1.29 is 24.2 Å². The second-order valence-corrected chi connectivity index (χ2v) is 13.7. The normalized spacial score (nSPS) is 30.0. The number of nitrogens with zero attached hydrogens (tertiary/aromatic N) is 3. The summed E-state index contributed by atoms with van der Waals surface area (Å²) >= 11 is 5.42. The highest BCUT2D eigenvalue weighted by molar-refractivity contribution is 9.09. The van der Waals surface area contributed by atoms with Crippen LogP contribution in [0, 0.1) is 17.8 Å². The number of anilines is 1. The molecule has 1 aromatic carbocycles.